The molecule has 1 saturated heterocycles. The molecular weight excluding hydrogens is 280 g/mol. The molecule has 1 aliphatic carbocycles. The largest absolute Gasteiger partial charge is 0.351 e. The van der Waals surface area contributed by atoms with Crippen molar-refractivity contribution < 1.29 is 9.59 Å². The van der Waals surface area contributed by atoms with Crippen LogP contribution in [-0.2, 0) is 4.79 Å². The van der Waals surface area contributed by atoms with Crippen LogP contribution in [0.15, 0.2) is 6.07 Å². The van der Waals surface area contributed by atoms with E-state index in [9.17, 15) is 9.59 Å². The number of likely N-dealkylation sites (tertiary alicyclic amines) is 1. The van der Waals surface area contributed by atoms with Crippen LogP contribution in [0.3, 0.4) is 0 Å². The molecule has 120 valence electrons. The monoisotopic (exact) mass is 304 g/mol. The Morgan fingerprint density at radius 2 is 2.14 bits per heavy atom. The van der Waals surface area contributed by atoms with E-state index in [2.05, 4.69) is 15.5 Å². The molecule has 0 aromatic carbocycles. The zero-order valence-electron chi connectivity index (χ0n) is 13.3. The first kappa shape index (κ1) is 15.1. The summed E-state index contributed by atoms with van der Waals surface area (Å²) in [6, 6.07) is 1.91. The topological polar surface area (TPSA) is 78.1 Å². The second-order valence-electron chi connectivity index (χ2n) is 6.73. The molecule has 1 atom stereocenters. The molecule has 2 amide bonds. The van der Waals surface area contributed by atoms with Gasteiger partial charge in [-0.1, -0.05) is 20.3 Å². The number of nitrogens with zero attached hydrogens (tertiary/aromatic N) is 2. The van der Waals surface area contributed by atoms with Gasteiger partial charge in [0.25, 0.3) is 5.91 Å². The minimum Gasteiger partial charge on any atom is -0.351 e. The van der Waals surface area contributed by atoms with Crippen LogP contribution < -0.4 is 5.32 Å². The SMILES string of the molecule is CC(C)c1cc(C(=O)N2CC[C@@H](NC(=O)C3CCC3)C2)[nH]n1. The molecule has 2 heterocycles. The number of aromatic nitrogens is 2. The number of carbonyl (C=O) groups is 2. The van der Waals surface area contributed by atoms with Gasteiger partial charge in [-0.3, -0.25) is 14.7 Å². The lowest BCUT2D eigenvalue weighted by molar-refractivity contribution is -0.128. The van der Waals surface area contributed by atoms with E-state index in [0.29, 0.717) is 24.7 Å². The van der Waals surface area contributed by atoms with E-state index in [4.69, 9.17) is 0 Å². The lowest BCUT2D eigenvalue weighted by atomic mass is 9.84. The van der Waals surface area contributed by atoms with Crippen molar-refractivity contribution in [3.8, 4) is 0 Å². The summed E-state index contributed by atoms with van der Waals surface area (Å²) >= 11 is 0. The standard InChI is InChI=1S/C16H24N4O2/c1-10(2)13-8-14(19-18-13)16(22)20-7-6-12(9-20)17-15(21)11-4-3-5-11/h8,10-12H,3-7,9H2,1-2H3,(H,17,21)(H,18,19)/t12-/m1/s1. The van der Waals surface area contributed by atoms with Gasteiger partial charge < -0.3 is 10.2 Å². The second kappa shape index (κ2) is 6.10. The van der Waals surface area contributed by atoms with Crippen molar-refractivity contribution in [2.45, 2.75) is 51.5 Å². The number of carbonyl (C=O) groups excluding carboxylic acids is 2. The van der Waals surface area contributed by atoms with Gasteiger partial charge >= 0.3 is 0 Å². The summed E-state index contributed by atoms with van der Waals surface area (Å²) in [5, 5.41) is 10.1. The van der Waals surface area contributed by atoms with Gasteiger partial charge in [-0.05, 0) is 31.2 Å². The maximum absolute atomic E-state index is 12.5. The molecule has 0 radical (unpaired) electrons. The molecule has 1 saturated carbocycles. The summed E-state index contributed by atoms with van der Waals surface area (Å²) in [4.78, 5) is 26.2. The van der Waals surface area contributed by atoms with Crippen molar-refractivity contribution in [2.24, 2.45) is 5.92 Å². The smallest absolute Gasteiger partial charge is 0.271 e. The number of nitrogens with one attached hydrogen (secondary N) is 2. The van der Waals surface area contributed by atoms with Crippen LogP contribution >= 0.6 is 0 Å². The Morgan fingerprint density at radius 1 is 1.36 bits per heavy atom. The van der Waals surface area contributed by atoms with E-state index < -0.39 is 0 Å². The van der Waals surface area contributed by atoms with Crippen molar-refractivity contribution >= 4 is 11.8 Å². The number of H-pyrrole nitrogens is 1. The van der Waals surface area contributed by atoms with Crippen LogP contribution in [0.1, 0.15) is 61.6 Å². The molecule has 1 aliphatic heterocycles. The van der Waals surface area contributed by atoms with Crippen molar-refractivity contribution in [1.29, 1.82) is 0 Å². The summed E-state index contributed by atoms with van der Waals surface area (Å²) in [6.07, 6.45) is 4.00. The number of rotatable bonds is 4. The maximum Gasteiger partial charge on any atom is 0.271 e. The molecule has 1 aromatic heterocycles. The highest BCUT2D eigenvalue weighted by Crippen LogP contribution is 2.26. The van der Waals surface area contributed by atoms with Gasteiger partial charge in [-0.15, -0.1) is 0 Å². The number of amides is 2. The van der Waals surface area contributed by atoms with Crippen LogP contribution in [0.25, 0.3) is 0 Å². The van der Waals surface area contributed by atoms with E-state index in [1.165, 1.54) is 0 Å². The van der Waals surface area contributed by atoms with Gasteiger partial charge in [0.15, 0.2) is 0 Å². The number of hydrogen-bond acceptors (Lipinski definition) is 3. The highest BCUT2D eigenvalue weighted by molar-refractivity contribution is 5.92. The first-order valence-corrected chi connectivity index (χ1v) is 8.19. The summed E-state index contributed by atoms with van der Waals surface area (Å²) < 4.78 is 0. The number of aromatic amines is 1. The van der Waals surface area contributed by atoms with Crippen LogP contribution in [0, 0.1) is 5.92 Å². The minimum absolute atomic E-state index is 0.0280. The van der Waals surface area contributed by atoms with Gasteiger partial charge in [0.1, 0.15) is 5.69 Å². The molecule has 3 rings (SSSR count). The number of hydrogen-bond donors (Lipinski definition) is 2. The summed E-state index contributed by atoms with van der Waals surface area (Å²) in [5.74, 6) is 0.630. The molecule has 2 N–H and O–H groups in total. The normalized spacial score (nSPS) is 22.0. The van der Waals surface area contributed by atoms with E-state index >= 15 is 0 Å². The van der Waals surface area contributed by atoms with E-state index in [1.54, 1.807) is 4.90 Å². The van der Waals surface area contributed by atoms with E-state index in [-0.39, 0.29) is 23.8 Å². The Labute approximate surface area is 130 Å². The molecule has 2 fully saturated rings. The van der Waals surface area contributed by atoms with Crippen LogP contribution in [0.4, 0.5) is 0 Å². The summed E-state index contributed by atoms with van der Waals surface area (Å²) in [5.41, 5.74) is 1.44. The third-order valence-electron chi connectivity index (χ3n) is 4.72. The fourth-order valence-corrected chi connectivity index (χ4v) is 2.96. The second-order valence-corrected chi connectivity index (χ2v) is 6.73. The summed E-state index contributed by atoms with van der Waals surface area (Å²) in [7, 11) is 0. The van der Waals surface area contributed by atoms with Gasteiger partial charge in [-0.25, -0.2) is 0 Å². The van der Waals surface area contributed by atoms with E-state index in [1.807, 2.05) is 19.9 Å². The zero-order chi connectivity index (χ0) is 15.7. The van der Waals surface area contributed by atoms with Gasteiger partial charge in [0, 0.05) is 25.0 Å². The van der Waals surface area contributed by atoms with Crippen molar-refractivity contribution in [3.05, 3.63) is 17.5 Å². The molecule has 6 heteroatoms. The fraction of sp³-hybridized carbons (Fsp3) is 0.688. The quantitative estimate of drug-likeness (QED) is 0.888. The van der Waals surface area contributed by atoms with Crippen LogP contribution in [0.2, 0.25) is 0 Å². The molecule has 22 heavy (non-hydrogen) atoms. The highest BCUT2D eigenvalue weighted by Gasteiger charge is 2.32. The summed E-state index contributed by atoms with van der Waals surface area (Å²) in [6.45, 7) is 5.37. The predicted octanol–water partition coefficient (Wildman–Crippen LogP) is 1.66. The average molecular weight is 304 g/mol. The minimum atomic E-state index is -0.0280. The third kappa shape index (κ3) is 3.00. The Balaban J connectivity index is 1.54. The predicted molar refractivity (Wildman–Crippen MR) is 82.5 cm³/mol. The van der Waals surface area contributed by atoms with Crippen molar-refractivity contribution in [2.75, 3.05) is 13.1 Å². The zero-order valence-corrected chi connectivity index (χ0v) is 13.3. The molecular formula is C16H24N4O2. The first-order valence-electron chi connectivity index (χ1n) is 8.19. The lowest BCUT2D eigenvalue weighted by Gasteiger charge is -2.26. The molecule has 2 aliphatic rings. The Hall–Kier alpha value is -1.85. The van der Waals surface area contributed by atoms with Crippen molar-refractivity contribution in [1.82, 2.24) is 20.4 Å². The van der Waals surface area contributed by atoms with E-state index in [0.717, 1.165) is 31.4 Å². The molecule has 6 nitrogen and oxygen atoms in total. The van der Waals surface area contributed by atoms with Crippen LogP contribution in [-0.4, -0.2) is 46.0 Å². The molecule has 0 unspecified atom stereocenters. The van der Waals surface area contributed by atoms with Crippen molar-refractivity contribution in [3.63, 3.8) is 0 Å². The van der Waals surface area contributed by atoms with Gasteiger partial charge in [-0.2, -0.15) is 5.10 Å². The Bertz CT molecular complexity index is 562. The van der Waals surface area contributed by atoms with Gasteiger partial charge in [0.2, 0.25) is 5.91 Å². The lowest BCUT2D eigenvalue weighted by Crippen LogP contribution is -2.43. The maximum atomic E-state index is 12.5. The third-order valence-corrected chi connectivity index (χ3v) is 4.72. The Kier molecular flexibility index (Phi) is 4.18. The average Bonchev–Trinajstić information content (AvgIpc) is 3.04. The molecule has 0 bridgehead atoms. The first-order chi connectivity index (χ1) is 10.5. The molecule has 0 spiro atoms. The highest BCUT2D eigenvalue weighted by atomic mass is 16.2. The fourth-order valence-electron chi connectivity index (χ4n) is 2.96. The van der Waals surface area contributed by atoms with Crippen LogP contribution in [0.5, 0.6) is 0 Å². The van der Waals surface area contributed by atoms with Gasteiger partial charge in [0.05, 0.1) is 5.69 Å². The molecule has 1 aromatic rings. The Morgan fingerprint density at radius 3 is 2.73 bits per heavy atom.